The molecule has 3 heteroatoms. The molecule has 0 unspecified atom stereocenters. The highest BCUT2D eigenvalue weighted by atomic mass is 16.7. The molecule has 0 aromatic rings. The Hall–Kier alpha value is -0.700. The minimum absolute atomic E-state index is 0.261. The average Bonchev–Trinajstić information content (AvgIpc) is 2.52. The highest BCUT2D eigenvalue weighted by molar-refractivity contribution is 4.80. The molecular formula is C10H18O3. The Bertz CT molecular complexity index is 169. The molecule has 0 radical (unpaired) electrons. The second-order valence-electron chi connectivity index (χ2n) is 3.82. The summed E-state index contributed by atoms with van der Waals surface area (Å²) < 4.78 is 10.6. The highest BCUT2D eigenvalue weighted by Gasteiger charge is 2.28. The minimum Gasteiger partial charge on any atom is -0.457 e. The van der Waals surface area contributed by atoms with Crippen LogP contribution in [0.4, 0.5) is 0 Å². The molecule has 1 atom stereocenters. The van der Waals surface area contributed by atoms with Gasteiger partial charge < -0.3 is 14.6 Å². The third-order valence-corrected chi connectivity index (χ3v) is 2.33. The predicted octanol–water partition coefficient (Wildman–Crippen LogP) is 2.02. The molecule has 0 spiro atoms. The fourth-order valence-corrected chi connectivity index (χ4v) is 1.35. The van der Waals surface area contributed by atoms with Gasteiger partial charge in [-0.25, -0.2) is 0 Å². The van der Waals surface area contributed by atoms with Crippen LogP contribution in [0.15, 0.2) is 12.5 Å². The second kappa shape index (κ2) is 4.51. The molecule has 1 N–H and O–H groups in total. The number of ether oxygens (including phenoxy) is 2. The highest BCUT2D eigenvalue weighted by Crippen LogP contribution is 2.26. The molecule has 0 saturated carbocycles. The van der Waals surface area contributed by atoms with Gasteiger partial charge in [0.1, 0.15) is 12.5 Å². The Morgan fingerprint density at radius 3 is 2.54 bits per heavy atom. The molecule has 0 aliphatic carbocycles. The van der Waals surface area contributed by atoms with Crippen molar-refractivity contribution < 1.29 is 14.6 Å². The standard InChI is InChI=1S/C10H18O3/c1-9(8-11)4-3-5-10(2)12-6-7-13-10/h6-7,9,11H,3-5,8H2,1-2H3/t9-/m0/s1. The van der Waals surface area contributed by atoms with Crippen molar-refractivity contribution in [2.45, 2.75) is 38.9 Å². The summed E-state index contributed by atoms with van der Waals surface area (Å²) in [7, 11) is 0. The van der Waals surface area contributed by atoms with Crippen LogP contribution >= 0.6 is 0 Å². The number of hydrogen-bond acceptors (Lipinski definition) is 3. The van der Waals surface area contributed by atoms with Crippen LogP contribution in [0.5, 0.6) is 0 Å². The van der Waals surface area contributed by atoms with Gasteiger partial charge in [0.2, 0.25) is 5.79 Å². The van der Waals surface area contributed by atoms with Crippen LogP contribution in [0.25, 0.3) is 0 Å². The summed E-state index contributed by atoms with van der Waals surface area (Å²) >= 11 is 0. The van der Waals surface area contributed by atoms with Crippen molar-refractivity contribution in [3.8, 4) is 0 Å². The van der Waals surface area contributed by atoms with Crippen LogP contribution in [0.2, 0.25) is 0 Å². The van der Waals surface area contributed by atoms with Crippen LogP contribution < -0.4 is 0 Å². The summed E-state index contributed by atoms with van der Waals surface area (Å²) in [4.78, 5) is 0. The minimum atomic E-state index is -0.463. The van der Waals surface area contributed by atoms with E-state index in [1.54, 1.807) is 12.5 Å². The number of aliphatic hydroxyl groups excluding tert-OH is 1. The van der Waals surface area contributed by atoms with Crippen molar-refractivity contribution in [3.05, 3.63) is 12.5 Å². The van der Waals surface area contributed by atoms with Gasteiger partial charge in [0.05, 0.1) is 0 Å². The summed E-state index contributed by atoms with van der Waals surface area (Å²) in [5, 5.41) is 8.82. The molecule has 0 fully saturated rings. The number of rotatable bonds is 5. The average molecular weight is 186 g/mol. The first-order chi connectivity index (χ1) is 6.16. The van der Waals surface area contributed by atoms with E-state index in [1.807, 2.05) is 13.8 Å². The lowest BCUT2D eigenvalue weighted by Crippen LogP contribution is -2.25. The fourth-order valence-electron chi connectivity index (χ4n) is 1.35. The Labute approximate surface area is 79.3 Å². The van der Waals surface area contributed by atoms with Gasteiger partial charge in [-0.05, 0) is 18.8 Å². The van der Waals surface area contributed by atoms with Crippen molar-refractivity contribution in [3.63, 3.8) is 0 Å². The third kappa shape index (κ3) is 3.27. The van der Waals surface area contributed by atoms with Crippen LogP contribution in [-0.4, -0.2) is 17.5 Å². The van der Waals surface area contributed by atoms with E-state index in [4.69, 9.17) is 14.6 Å². The van der Waals surface area contributed by atoms with E-state index < -0.39 is 5.79 Å². The van der Waals surface area contributed by atoms with Gasteiger partial charge in [-0.1, -0.05) is 6.92 Å². The zero-order chi connectivity index (χ0) is 9.73. The molecule has 76 valence electrons. The van der Waals surface area contributed by atoms with E-state index in [1.165, 1.54) is 0 Å². The largest absolute Gasteiger partial charge is 0.457 e. The van der Waals surface area contributed by atoms with Crippen molar-refractivity contribution in [1.29, 1.82) is 0 Å². The SMILES string of the molecule is C[C@H](CO)CCCC1(C)OC=CO1. The molecule has 3 nitrogen and oxygen atoms in total. The molecule has 0 aromatic carbocycles. The van der Waals surface area contributed by atoms with Crippen LogP contribution in [0, 0.1) is 5.92 Å². The number of aliphatic hydroxyl groups is 1. The van der Waals surface area contributed by atoms with Gasteiger partial charge in [0.25, 0.3) is 0 Å². The smallest absolute Gasteiger partial charge is 0.247 e. The monoisotopic (exact) mass is 186 g/mol. The molecule has 1 aliphatic rings. The zero-order valence-electron chi connectivity index (χ0n) is 8.32. The third-order valence-electron chi connectivity index (χ3n) is 2.33. The molecule has 1 rings (SSSR count). The van der Waals surface area contributed by atoms with Crippen molar-refractivity contribution >= 4 is 0 Å². The van der Waals surface area contributed by atoms with Crippen molar-refractivity contribution in [2.75, 3.05) is 6.61 Å². The maximum atomic E-state index is 8.82. The van der Waals surface area contributed by atoms with Crippen LogP contribution in [0.3, 0.4) is 0 Å². The zero-order valence-corrected chi connectivity index (χ0v) is 8.32. The topological polar surface area (TPSA) is 38.7 Å². The van der Waals surface area contributed by atoms with Crippen molar-refractivity contribution in [2.24, 2.45) is 5.92 Å². The lowest BCUT2D eigenvalue weighted by molar-refractivity contribution is -0.132. The Morgan fingerprint density at radius 1 is 1.38 bits per heavy atom. The van der Waals surface area contributed by atoms with Crippen LogP contribution in [0.1, 0.15) is 33.1 Å². The molecule has 0 aromatic heterocycles. The maximum Gasteiger partial charge on any atom is 0.247 e. The summed E-state index contributed by atoms with van der Waals surface area (Å²) in [5.41, 5.74) is 0. The molecule has 1 heterocycles. The molecule has 0 amide bonds. The van der Waals surface area contributed by atoms with Gasteiger partial charge in [-0.2, -0.15) is 0 Å². The van der Waals surface area contributed by atoms with Gasteiger partial charge in [0.15, 0.2) is 0 Å². The molecule has 13 heavy (non-hydrogen) atoms. The molecule has 0 saturated heterocycles. The van der Waals surface area contributed by atoms with E-state index in [0.717, 1.165) is 19.3 Å². The van der Waals surface area contributed by atoms with E-state index in [0.29, 0.717) is 5.92 Å². The second-order valence-corrected chi connectivity index (χ2v) is 3.82. The Kier molecular flexibility index (Phi) is 3.60. The number of hydrogen-bond donors (Lipinski definition) is 1. The summed E-state index contributed by atoms with van der Waals surface area (Å²) in [5.74, 6) is -0.0900. The van der Waals surface area contributed by atoms with E-state index in [9.17, 15) is 0 Å². The van der Waals surface area contributed by atoms with E-state index in [-0.39, 0.29) is 6.61 Å². The molecular weight excluding hydrogens is 168 g/mol. The van der Waals surface area contributed by atoms with Gasteiger partial charge in [-0.15, -0.1) is 0 Å². The lowest BCUT2D eigenvalue weighted by Gasteiger charge is -2.23. The van der Waals surface area contributed by atoms with Gasteiger partial charge in [-0.3, -0.25) is 0 Å². The lowest BCUT2D eigenvalue weighted by atomic mass is 10.0. The first-order valence-corrected chi connectivity index (χ1v) is 4.78. The quantitative estimate of drug-likeness (QED) is 0.714. The Balaban J connectivity index is 2.12. The fraction of sp³-hybridized carbons (Fsp3) is 0.800. The van der Waals surface area contributed by atoms with Gasteiger partial charge >= 0.3 is 0 Å². The summed E-state index contributed by atoms with van der Waals surface area (Å²) in [6, 6.07) is 0. The first-order valence-electron chi connectivity index (χ1n) is 4.78. The summed E-state index contributed by atoms with van der Waals surface area (Å²) in [6.45, 7) is 4.23. The first kappa shape index (κ1) is 10.4. The summed E-state index contributed by atoms with van der Waals surface area (Å²) in [6.07, 6.45) is 6.05. The Morgan fingerprint density at radius 2 is 2.00 bits per heavy atom. The van der Waals surface area contributed by atoms with Gasteiger partial charge in [0, 0.05) is 20.0 Å². The predicted molar refractivity (Wildman–Crippen MR) is 49.8 cm³/mol. The molecule has 0 bridgehead atoms. The van der Waals surface area contributed by atoms with E-state index in [2.05, 4.69) is 0 Å². The normalized spacial score (nSPS) is 20.8. The maximum absolute atomic E-state index is 8.82. The van der Waals surface area contributed by atoms with Crippen LogP contribution in [-0.2, 0) is 9.47 Å². The van der Waals surface area contributed by atoms with E-state index >= 15 is 0 Å². The van der Waals surface area contributed by atoms with Crippen molar-refractivity contribution in [1.82, 2.24) is 0 Å². The molecule has 1 aliphatic heterocycles.